The Morgan fingerprint density at radius 1 is 1.29 bits per heavy atom. The monoisotopic (exact) mass is 341 g/mol. The highest BCUT2D eigenvalue weighted by atomic mass is 35.5. The second kappa shape index (κ2) is 6.84. The number of carbonyl (C=O) groups excluding carboxylic acids is 1. The summed E-state index contributed by atoms with van der Waals surface area (Å²) in [6, 6.07) is 12.3. The van der Waals surface area contributed by atoms with Gasteiger partial charge in [-0.2, -0.15) is 0 Å². The van der Waals surface area contributed by atoms with Crippen LogP contribution < -0.4 is 10.9 Å². The number of fused-ring (bicyclic) bond motifs is 1. The van der Waals surface area contributed by atoms with Crippen molar-refractivity contribution in [3.63, 3.8) is 0 Å². The SMILES string of the molecule is CCC(NC(=O)c1cnc2ccccn2c1=O)c1cccc(Cl)c1. The van der Waals surface area contributed by atoms with Crippen molar-refractivity contribution in [2.24, 2.45) is 0 Å². The third-order valence-electron chi connectivity index (χ3n) is 3.82. The molecule has 3 rings (SSSR count). The van der Waals surface area contributed by atoms with E-state index in [1.807, 2.05) is 25.1 Å². The Kier molecular flexibility index (Phi) is 4.62. The van der Waals surface area contributed by atoms with Gasteiger partial charge in [-0.3, -0.25) is 14.0 Å². The van der Waals surface area contributed by atoms with Gasteiger partial charge in [0.1, 0.15) is 11.2 Å². The molecule has 1 atom stereocenters. The third kappa shape index (κ3) is 3.16. The van der Waals surface area contributed by atoms with E-state index < -0.39 is 5.91 Å². The van der Waals surface area contributed by atoms with E-state index in [-0.39, 0.29) is 17.2 Å². The number of pyridine rings is 1. The van der Waals surface area contributed by atoms with Crippen LogP contribution in [0.2, 0.25) is 5.02 Å². The van der Waals surface area contributed by atoms with Crippen molar-refractivity contribution < 1.29 is 4.79 Å². The van der Waals surface area contributed by atoms with E-state index in [9.17, 15) is 9.59 Å². The molecule has 1 N–H and O–H groups in total. The van der Waals surface area contributed by atoms with Gasteiger partial charge in [0.15, 0.2) is 0 Å². The smallest absolute Gasteiger partial charge is 0.270 e. The first kappa shape index (κ1) is 16.2. The molecule has 5 nitrogen and oxygen atoms in total. The molecule has 0 bridgehead atoms. The van der Waals surface area contributed by atoms with E-state index in [2.05, 4.69) is 10.3 Å². The number of rotatable bonds is 4. The molecule has 0 aliphatic rings. The third-order valence-corrected chi connectivity index (χ3v) is 4.06. The summed E-state index contributed by atoms with van der Waals surface area (Å²) in [5.74, 6) is -0.447. The van der Waals surface area contributed by atoms with Crippen LogP contribution in [-0.4, -0.2) is 15.3 Å². The Hall–Kier alpha value is -2.66. The maximum absolute atomic E-state index is 12.5. The van der Waals surface area contributed by atoms with Crippen LogP contribution in [0.1, 0.15) is 35.3 Å². The number of hydrogen-bond donors (Lipinski definition) is 1. The van der Waals surface area contributed by atoms with Gasteiger partial charge in [-0.05, 0) is 36.2 Å². The molecule has 1 aromatic carbocycles. The Morgan fingerprint density at radius 2 is 2.12 bits per heavy atom. The van der Waals surface area contributed by atoms with Gasteiger partial charge in [0.05, 0.1) is 6.04 Å². The van der Waals surface area contributed by atoms with Crippen molar-refractivity contribution in [3.8, 4) is 0 Å². The quantitative estimate of drug-likeness (QED) is 0.792. The zero-order chi connectivity index (χ0) is 17.1. The number of nitrogens with one attached hydrogen (secondary N) is 1. The Morgan fingerprint density at radius 3 is 2.88 bits per heavy atom. The van der Waals surface area contributed by atoms with E-state index in [0.29, 0.717) is 17.1 Å². The molecule has 1 amide bonds. The van der Waals surface area contributed by atoms with Gasteiger partial charge in [-0.15, -0.1) is 0 Å². The van der Waals surface area contributed by atoms with Gasteiger partial charge in [-0.25, -0.2) is 4.98 Å². The summed E-state index contributed by atoms with van der Waals surface area (Å²) in [6.45, 7) is 1.96. The maximum atomic E-state index is 12.5. The van der Waals surface area contributed by atoms with Crippen LogP contribution in [-0.2, 0) is 0 Å². The molecule has 6 heteroatoms. The average molecular weight is 342 g/mol. The molecule has 2 heterocycles. The molecule has 0 spiro atoms. The van der Waals surface area contributed by atoms with Crippen LogP contribution in [0.5, 0.6) is 0 Å². The average Bonchev–Trinajstić information content (AvgIpc) is 2.60. The van der Waals surface area contributed by atoms with Gasteiger partial charge in [0.25, 0.3) is 11.5 Å². The molecule has 0 fully saturated rings. The number of carbonyl (C=O) groups is 1. The largest absolute Gasteiger partial charge is 0.345 e. The van der Waals surface area contributed by atoms with Crippen molar-refractivity contribution in [2.45, 2.75) is 19.4 Å². The second-order valence-electron chi connectivity index (χ2n) is 5.40. The molecule has 122 valence electrons. The fourth-order valence-electron chi connectivity index (χ4n) is 2.56. The van der Waals surface area contributed by atoms with Crippen LogP contribution in [0.25, 0.3) is 5.65 Å². The van der Waals surface area contributed by atoms with E-state index in [0.717, 1.165) is 5.56 Å². The van der Waals surface area contributed by atoms with Gasteiger partial charge >= 0.3 is 0 Å². The van der Waals surface area contributed by atoms with Crippen molar-refractivity contribution in [3.05, 3.63) is 81.4 Å². The fourth-order valence-corrected chi connectivity index (χ4v) is 2.76. The van der Waals surface area contributed by atoms with E-state index in [1.165, 1.54) is 10.6 Å². The Balaban J connectivity index is 1.91. The highest BCUT2D eigenvalue weighted by Crippen LogP contribution is 2.20. The Labute approximate surface area is 143 Å². The molecule has 0 saturated heterocycles. The number of aromatic nitrogens is 2. The first-order valence-corrected chi connectivity index (χ1v) is 8.00. The summed E-state index contributed by atoms with van der Waals surface area (Å²) >= 11 is 6.01. The summed E-state index contributed by atoms with van der Waals surface area (Å²) in [5.41, 5.74) is 1.02. The molecule has 2 aromatic heterocycles. The summed E-state index contributed by atoms with van der Waals surface area (Å²) in [5, 5.41) is 3.49. The summed E-state index contributed by atoms with van der Waals surface area (Å²) in [7, 11) is 0. The number of amides is 1. The minimum absolute atomic E-state index is 0.0131. The Bertz CT molecular complexity index is 952. The second-order valence-corrected chi connectivity index (χ2v) is 5.83. The number of nitrogens with zero attached hydrogens (tertiary/aromatic N) is 2. The summed E-state index contributed by atoms with van der Waals surface area (Å²) < 4.78 is 1.36. The molecular weight excluding hydrogens is 326 g/mol. The predicted molar refractivity (Wildman–Crippen MR) is 93.4 cm³/mol. The molecular formula is C18H16ClN3O2. The first-order chi connectivity index (χ1) is 11.6. The molecule has 0 aliphatic carbocycles. The van der Waals surface area contributed by atoms with E-state index >= 15 is 0 Å². The highest BCUT2D eigenvalue weighted by molar-refractivity contribution is 6.30. The fraction of sp³-hybridized carbons (Fsp3) is 0.167. The summed E-state index contributed by atoms with van der Waals surface area (Å²) in [6.07, 6.45) is 3.59. The lowest BCUT2D eigenvalue weighted by molar-refractivity contribution is 0.0933. The zero-order valence-electron chi connectivity index (χ0n) is 13.1. The van der Waals surface area contributed by atoms with Crippen molar-refractivity contribution >= 4 is 23.2 Å². The summed E-state index contributed by atoms with van der Waals surface area (Å²) in [4.78, 5) is 29.2. The van der Waals surface area contributed by atoms with Crippen molar-refractivity contribution in [1.29, 1.82) is 0 Å². The molecule has 0 saturated carbocycles. The minimum atomic E-state index is -0.447. The molecule has 1 unspecified atom stereocenters. The van der Waals surface area contributed by atoms with Crippen LogP contribution in [0.4, 0.5) is 0 Å². The molecule has 3 aromatic rings. The van der Waals surface area contributed by atoms with Crippen molar-refractivity contribution in [2.75, 3.05) is 0 Å². The minimum Gasteiger partial charge on any atom is -0.345 e. The van der Waals surface area contributed by atoms with Gasteiger partial charge < -0.3 is 5.32 Å². The predicted octanol–water partition coefficient (Wildman–Crippen LogP) is 3.23. The van der Waals surface area contributed by atoms with Crippen LogP contribution in [0, 0.1) is 0 Å². The molecule has 0 radical (unpaired) electrons. The normalized spacial score (nSPS) is 12.1. The van der Waals surface area contributed by atoms with Crippen molar-refractivity contribution in [1.82, 2.24) is 14.7 Å². The molecule has 0 aliphatic heterocycles. The lowest BCUT2D eigenvalue weighted by atomic mass is 10.0. The van der Waals surface area contributed by atoms with Gasteiger partial charge in [0, 0.05) is 17.4 Å². The molecule has 24 heavy (non-hydrogen) atoms. The number of hydrogen-bond acceptors (Lipinski definition) is 3. The highest BCUT2D eigenvalue weighted by Gasteiger charge is 2.18. The number of halogens is 1. The number of benzene rings is 1. The standard InChI is InChI=1S/C18H16ClN3O2/c1-2-15(12-6-5-7-13(19)10-12)21-17(23)14-11-20-16-8-3-4-9-22(16)18(14)24/h3-11,15H,2H2,1H3,(H,21,23). The van der Waals surface area contributed by atoms with Crippen LogP contribution in [0.3, 0.4) is 0 Å². The van der Waals surface area contributed by atoms with Crippen LogP contribution >= 0.6 is 11.6 Å². The zero-order valence-corrected chi connectivity index (χ0v) is 13.8. The van der Waals surface area contributed by atoms with E-state index in [1.54, 1.807) is 30.5 Å². The lowest BCUT2D eigenvalue weighted by Gasteiger charge is -2.17. The lowest BCUT2D eigenvalue weighted by Crippen LogP contribution is -2.34. The van der Waals surface area contributed by atoms with Gasteiger partial charge in [-0.1, -0.05) is 36.7 Å². The van der Waals surface area contributed by atoms with Gasteiger partial charge in [0.2, 0.25) is 0 Å². The van der Waals surface area contributed by atoms with E-state index in [4.69, 9.17) is 11.6 Å². The topological polar surface area (TPSA) is 63.5 Å². The van der Waals surface area contributed by atoms with Crippen LogP contribution in [0.15, 0.2) is 59.7 Å². The maximum Gasteiger partial charge on any atom is 0.270 e. The first-order valence-electron chi connectivity index (χ1n) is 7.63.